The van der Waals surface area contributed by atoms with E-state index < -0.39 is 5.97 Å². The van der Waals surface area contributed by atoms with Crippen molar-refractivity contribution in [2.24, 2.45) is 0 Å². The predicted octanol–water partition coefficient (Wildman–Crippen LogP) is 3.51. The average Bonchev–Trinajstić information content (AvgIpc) is 2.46. The van der Waals surface area contributed by atoms with Crippen molar-refractivity contribution in [2.45, 2.75) is 13.8 Å². The molecule has 0 aliphatic carbocycles. The highest BCUT2D eigenvalue weighted by Gasteiger charge is 2.13. The minimum Gasteiger partial charge on any atom is -0.478 e. The van der Waals surface area contributed by atoms with Gasteiger partial charge in [-0.05, 0) is 31.5 Å². The van der Waals surface area contributed by atoms with Crippen molar-refractivity contribution in [1.82, 2.24) is 4.98 Å². The number of hydrogen-bond donors (Lipinski definition) is 2. The van der Waals surface area contributed by atoms with E-state index in [9.17, 15) is 14.7 Å². The Morgan fingerprint density at radius 1 is 1.09 bits per heavy atom. The minimum atomic E-state index is -1.06. The van der Waals surface area contributed by atoms with Gasteiger partial charge in [0.1, 0.15) is 0 Å². The number of aromatic amines is 1. The molecule has 0 aliphatic rings. The molecule has 22 heavy (non-hydrogen) atoms. The first-order valence-corrected chi connectivity index (χ1v) is 6.94. The fourth-order valence-corrected chi connectivity index (χ4v) is 2.71. The van der Waals surface area contributed by atoms with Gasteiger partial charge in [0.2, 0.25) is 0 Å². The van der Waals surface area contributed by atoms with Crippen LogP contribution in [0.4, 0.5) is 0 Å². The van der Waals surface area contributed by atoms with Crippen LogP contribution in [0.5, 0.6) is 0 Å². The third-order valence-corrected chi connectivity index (χ3v) is 3.77. The van der Waals surface area contributed by atoms with Crippen LogP contribution in [0, 0.1) is 13.8 Å². The number of H-pyrrole nitrogens is 1. The number of fused-ring (bicyclic) bond motifs is 1. The van der Waals surface area contributed by atoms with Gasteiger partial charge in [0, 0.05) is 22.7 Å². The summed E-state index contributed by atoms with van der Waals surface area (Å²) in [4.78, 5) is 26.8. The van der Waals surface area contributed by atoms with Gasteiger partial charge in [-0.15, -0.1) is 0 Å². The Kier molecular flexibility index (Phi) is 3.29. The fraction of sp³-hybridized carbons (Fsp3) is 0.111. The molecule has 0 bridgehead atoms. The van der Waals surface area contributed by atoms with Crippen LogP contribution < -0.4 is 5.43 Å². The lowest BCUT2D eigenvalue weighted by molar-refractivity contribution is 0.0699. The summed E-state index contributed by atoms with van der Waals surface area (Å²) in [6.07, 6.45) is 0. The number of nitrogens with one attached hydrogen (secondary N) is 1. The Labute approximate surface area is 127 Å². The molecular formula is C18H15NO3. The second kappa shape index (κ2) is 5.15. The lowest BCUT2D eigenvalue weighted by Crippen LogP contribution is -2.07. The van der Waals surface area contributed by atoms with Crippen molar-refractivity contribution in [3.63, 3.8) is 0 Å². The van der Waals surface area contributed by atoms with Crippen LogP contribution in [-0.2, 0) is 0 Å². The van der Waals surface area contributed by atoms with Crippen molar-refractivity contribution >= 4 is 16.9 Å². The van der Waals surface area contributed by atoms with Crippen molar-refractivity contribution in [2.75, 3.05) is 0 Å². The van der Waals surface area contributed by atoms with E-state index in [4.69, 9.17) is 0 Å². The first-order chi connectivity index (χ1) is 10.5. The van der Waals surface area contributed by atoms with Crippen molar-refractivity contribution in [3.05, 3.63) is 69.4 Å². The maximum Gasteiger partial charge on any atom is 0.337 e. The molecule has 4 nitrogen and oxygen atoms in total. The number of aromatic nitrogens is 1. The number of pyridine rings is 1. The molecule has 4 heteroatoms. The molecule has 0 aliphatic heterocycles. The summed E-state index contributed by atoms with van der Waals surface area (Å²) in [5, 5.41) is 9.69. The monoisotopic (exact) mass is 293 g/mol. The summed E-state index contributed by atoms with van der Waals surface area (Å²) in [5.41, 5.74) is 3.96. The Bertz CT molecular complexity index is 954. The summed E-state index contributed by atoms with van der Waals surface area (Å²) in [5.74, 6) is -1.06. The van der Waals surface area contributed by atoms with Crippen LogP contribution in [0.1, 0.15) is 21.5 Å². The summed E-state index contributed by atoms with van der Waals surface area (Å²) in [7, 11) is 0. The highest BCUT2D eigenvalue weighted by Crippen LogP contribution is 2.24. The highest BCUT2D eigenvalue weighted by molar-refractivity contribution is 6.02. The zero-order valence-corrected chi connectivity index (χ0v) is 12.3. The van der Waals surface area contributed by atoms with E-state index in [0.29, 0.717) is 16.6 Å². The molecule has 0 saturated heterocycles. The number of aromatic carboxylic acids is 1. The molecule has 0 amide bonds. The number of hydrogen-bond acceptors (Lipinski definition) is 2. The maximum atomic E-state index is 12.3. The summed E-state index contributed by atoms with van der Waals surface area (Å²) in [6, 6.07) is 12.2. The quantitative estimate of drug-likeness (QED) is 0.759. The molecule has 2 aromatic carbocycles. The number of carboxylic acids is 1. The molecule has 3 rings (SSSR count). The van der Waals surface area contributed by atoms with Gasteiger partial charge in [0.05, 0.1) is 11.1 Å². The molecule has 0 fully saturated rings. The van der Waals surface area contributed by atoms with Gasteiger partial charge in [0.15, 0.2) is 5.43 Å². The first kappa shape index (κ1) is 14.1. The Morgan fingerprint density at radius 2 is 1.86 bits per heavy atom. The zero-order chi connectivity index (χ0) is 15.9. The summed E-state index contributed by atoms with van der Waals surface area (Å²) in [6.45, 7) is 3.97. The smallest absolute Gasteiger partial charge is 0.337 e. The molecule has 0 saturated carbocycles. The van der Waals surface area contributed by atoms with Gasteiger partial charge in [-0.3, -0.25) is 4.79 Å². The van der Waals surface area contributed by atoms with E-state index >= 15 is 0 Å². The molecule has 1 aromatic heterocycles. The van der Waals surface area contributed by atoms with Crippen molar-refractivity contribution in [1.29, 1.82) is 0 Å². The number of benzene rings is 2. The van der Waals surface area contributed by atoms with Gasteiger partial charge in [-0.1, -0.05) is 29.8 Å². The normalized spacial score (nSPS) is 10.8. The minimum absolute atomic E-state index is 0.0983. The van der Waals surface area contributed by atoms with Crippen LogP contribution >= 0.6 is 0 Å². The number of rotatable bonds is 2. The Morgan fingerprint density at radius 3 is 2.55 bits per heavy atom. The van der Waals surface area contributed by atoms with Gasteiger partial charge >= 0.3 is 5.97 Å². The zero-order valence-electron chi connectivity index (χ0n) is 12.3. The van der Waals surface area contributed by atoms with E-state index in [1.54, 1.807) is 12.1 Å². The van der Waals surface area contributed by atoms with Gasteiger partial charge in [-0.2, -0.15) is 0 Å². The van der Waals surface area contributed by atoms with Crippen molar-refractivity contribution < 1.29 is 9.90 Å². The highest BCUT2D eigenvalue weighted by atomic mass is 16.4. The molecule has 0 radical (unpaired) electrons. The van der Waals surface area contributed by atoms with E-state index in [1.165, 1.54) is 12.1 Å². The number of aryl methyl sites for hydroxylation is 2. The molecular weight excluding hydrogens is 278 g/mol. The lowest BCUT2D eigenvalue weighted by atomic mass is 10.0. The molecule has 0 unspecified atom stereocenters. The molecule has 110 valence electrons. The topological polar surface area (TPSA) is 70.2 Å². The van der Waals surface area contributed by atoms with Gasteiger partial charge < -0.3 is 10.1 Å². The van der Waals surface area contributed by atoms with Gasteiger partial charge in [-0.25, -0.2) is 4.79 Å². The molecule has 1 heterocycles. The predicted molar refractivity (Wildman–Crippen MR) is 86.4 cm³/mol. The third kappa shape index (κ3) is 2.29. The van der Waals surface area contributed by atoms with Gasteiger partial charge in [0.25, 0.3) is 0 Å². The largest absolute Gasteiger partial charge is 0.478 e. The number of para-hydroxylation sites is 1. The van der Waals surface area contributed by atoms with Crippen LogP contribution in [0.15, 0.2) is 47.3 Å². The summed E-state index contributed by atoms with van der Waals surface area (Å²) >= 11 is 0. The second-order valence-electron chi connectivity index (χ2n) is 5.40. The van der Waals surface area contributed by atoms with Crippen LogP contribution in [0.3, 0.4) is 0 Å². The molecule has 3 aromatic rings. The molecule has 0 spiro atoms. The molecule has 0 atom stereocenters. The van der Waals surface area contributed by atoms with E-state index in [2.05, 4.69) is 4.98 Å². The number of carboxylic acid groups (broad SMARTS) is 1. The van der Waals surface area contributed by atoms with Crippen LogP contribution in [-0.4, -0.2) is 16.1 Å². The summed E-state index contributed by atoms with van der Waals surface area (Å²) < 4.78 is 0. The van der Waals surface area contributed by atoms with Crippen LogP contribution in [0.25, 0.3) is 22.2 Å². The van der Waals surface area contributed by atoms with E-state index in [0.717, 1.165) is 16.7 Å². The second-order valence-corrected chi connectivity index (χ2v) is 5.40. The Balaban J connectivity index is 2.35. The van der Waals surface area contributed by atoms with Crippen molar-refractivity contribution in [3.8, 4) is 11.3 Å². The Hall–Kier alpha value is -2.88. The maximum absolute atomic E-state index is 12.3. The van der Waals surface area contributed by atoms with Crippen LogP contribution in [0.2, 0.25) is 0 Å². The fourth-order valence-electron chi connectivity index (χ4n) is 2.71. The van der Waals surface area contributed by atoms with E-state index in [1.807, 2.05) is 32.0 Å². The van der Waals surface area contributed by atoms with E-state index in [-0.39, 0.29) is 11.0 Å². The standard InChI is InChI=1S/C18H15NO3/c1-10-6-7-12(11(2)8-10)15-9-16(20)13-4-3-5-14(18(21)22)17(13)19-15/h3-9H,1-2H3,(H,19,20)(H,21,22). The SMILES string of the molecule is Cc1ccc(-c2cc(=O)c3cccc(C(=O)O)c3[nH]2)c(C)c1. The average molecular weight is 293 g/mol. The molecule has 2 N–H and O–H groups in total. The first-order valence-electron chi connectivity index (χ1n) is 6.94. The number of carbonyl (C=O) groups is 1. The third-order valence-electron chi connectivity index (χ3n) is 3.77. The lowest BCUT2D eigenvalue weighted by Gasteiger charge is -2.10.